The summed E-state index contributed by atoms with van der Waals surface area (Å²) < 4.78 is 27.8. The lowest BCUT2D eigenvalue weighted by Crippen LogP contribution is -2.56. The Balaban J connectivity index is 2.48. The number of carboxylic acids is 1. The molecule has 0 aliphatic rings. The van der Waals surface area contributed by atoms with Crippen molar-refractivity contribution in [3.05, 3.63) is 54.1 Å². The van der Waals surface area contributed by atoms with E-state index in [1.54, 1.807) is 18.2 Å². The number of benzene rings is 2. The SMILES string of the molecule is CCOC(=O)CC(CC(=O)OCC)(NC(Cc1ccc(-c2ccccc2)cc1OC)C(=O)O)P(=O)(O)O. The van der Waals surface area contributed by atoms with Crippen molar-refractivity contribution in [3.63, 3.8) is 0 Å². The first-order chi connectivity index (χ1) is 17.5. The van der Waals surface area contributed by atoms with Crippen LogP contribution in [0.1, 0.15) is 32.3 Å². The summed E-state index contributed by atoms with van der Waals surface area (Å²) in [5.74, 6) is -3.14. The van der Waals surface area contributed by atoms with Crippen molar-refractivity contribution in [2.45, 2.75) is 44.4 Å². The van der Waals surface area contributed by atoms with Crippen molar-refractivity contribution < 1.29 is 48.1 Å². The van der Waals surface area contributed by atoms with Crippen LogP contribution in [0.25, 0.3) is 11.1 Å². The fourth-order valence-electron chi connectivity index (χ4n) is 3.82. The van der Waals surface area contributed by atoms with Crippen LogP contribution in [0.15, 0.2) is 48.5 Å². The van der Waals surface area contributed by atoms with Crippen LogP contribution in [-0.2, 0) is 34.8 Å². The summed E-state index contributed by atoms with van der Waals surface area (Å²) in [4.78, 5) is 57.3. The van der Waals surface area contributed by atoms with Crippen LogP contribution < -0.4 is 10.1 Å². The lowest BCUT2D eigenvalue weighted by molar-refractivity contribution is -0.149. The fourth-order valence-corrected chi connectivity index (χ4v) is 4.82. The molecule has 0 fully saturated rings. The number of aliphatic carboxylic acids is 1. The quantitative estimate of drug-likeness (QED) is 0.206. The van der Waals surface area contributed by atoms with Crippen LogP contribution in [0.3, 0.4) is 0 Å². The number of carbonyl (C=O) groups excluding carboxylic acids is 2. The molecular weight excluding hydrogens is 505 g/mol. The highest BCUT2D eigenvalue weighted by Gasteiger charge is 2.52. The van der Waals surface area contributed by atoms with Gasteiger partial charge in [0.15, 0.2) is 0 Å². The third-order valence-electron chi connectivity index (χ3n) is 5.60. The van der Waals surface area contributed by atoms with E-state index < -0.39 is 49.7 Å². The molecule has 0 saturated carbocycles. The van der Waals surface area contributed by atoms with Crippen LogP contribution in [0.2, 0.25) is 0 Å². The van der Waals surface area contributed by atoms with E-state index in [1.165, 1.54) is 21.0 Å². The number of carboxylic acid groups (broad SMARTS) is 1. The molecule has 0 aliphatic carbocycles. The molecule has 0 bridgehead atoms. The molecule has 0 radical (unpaired) electrons. The van der Waals surface area contributed by atoms with E-state index in [4.69, 9.17) is 14.2 Å². The Morgan fingerprint density at radius 1 is 0.946 bits per heavy atom. The maximum absolute atomic E-state index is 12.7. The minimum atomic E-state index is -5.33. The number of hydrogen-bond acceptors (Lipinski definition) is 8. The molecule has 0 heterocycles. The smallest absolute Gasteiger partial charge is 0.346 e. The summed E-state index contributed by atoms with van der Waals surface area (Å²) in [6.07, 6.45) is -2.20. The molecule has 1 unspecified atom stereocenters. The maximum Gasteiger partial charge on any atom is 0.346 e. The van der Waals surface area contributed by atoms with Crippen LogP contribution in [-0.4, -0.2) is 64.4 Å². The molecule has 37 heavy (non-hydrogen) atoms. The molecule has 1 atom stereocenters. The number of methoxy groups -OCH3 is 1. The summed E-state index contributed by atoms with van der Waals surface area (Å²) in [5.41, 5.74) is 2.15. The minimum Gasteiger partial charge on any atom is -0.496 e. The Hall–Kier alpha value is -3.24. The summed E-state index contributed by atoms with van der Waals surface area (Å²) in [6.45, 7) is 2.84. The predicted molar refractivity (Wildman–Crippen MR) is 134 cm³/mol. The van der Waals surface area contributed by atoms with Crippen molar-refractivity contribution in [2.24, 2.45) is 0 Å². The Morgan fingerprint density at radius 3 is 1.97 bits per heavy atom. The zero-order valence-corrected chi connectivity index (χ0v) is 21.8. The second-order valence-electron chi connectivity index (χ2n) is 8.17. The summed E-state index contributed by atoms with van der Waals surface area (Å²) >= 11 is 0. The average Bonchev–Trinajstić information content (AvgIpc) is 2.83. The minimum absolute atomic E-state index is 0.0806. The van der Waals surface area contributed by atoms with Gasteiger partial charge in [0.2, 0.25) is 0 Å². The zero-order valence-electron chi connectivity index (χ0n) is 20.9. The summed E-state index contributed by atoms with van der Waals surface area (Å²) in [5, 5.41) is 9.78. The molecule has 11 nitrogen and oxygen atoms in total. The van der Waals surface area contributed by atoms with Gasteiger partial charge in [-0.25, -0.2) is 0 Å². The van der Waals surface area contributed by atoms with E-state index in [9.17, 15) is 33.8 Å². The summed E-state index contributed by atoms with van der Waals surface area (Å²) in [7, 11) is -3.92. The standard InChI is InChI=1S/C25H32NO10P/c1-4-35-22(27)15-25(37(31,32)33,16-23(28)36-5-2)26-20(24(29)30)13-19-12-11-18(14-21(19)34-3)17-9-7-6-8-10-17/h6-12,14,20,26H,4-5,13,15-16H2,1-3H3,(H,29,30)(H2,31,32,33). The van der Waals surface area contributed by atoms with Crippen LogP contribution in [0.5, 0.6) is 5.75 Å². The molecular formula is C25H32NO10P. The van der Waals surface area contributed by atoms with E-state index in [0.717, 1.165) is 11.1 Å². The van der Waals surface area contributed by atoms with Crippen LogP contribution in [0.4, 0.5) is 0 Å². The van der Waals surface area contributed by atoms with Gasteiger partial charge in [-0.2, -0.15) is 0 Å². The van der Waals surface area contributed by atoms with Gasteiger partial charge in [-0.3, -0.25) is 24.3 Å². The molecule has 0 saturated heterocycles. The first-order valence-corrected chi connectivity index (χ1v) is 13.2. The van der Waals surface area contributed by atoms with Crippen molar-refractivity contribution in [3.8, 4) is 16.9 Å². The molecule has 2 aromatic carbocycles. The van der Waals surface area contributed by atoms with Crippen LogP contribution in [0, 0.1) is 0 Å². The lowest BCUT2D eigenvalue weighted by atomic mass is 9.98. The van der Waals surface area contributed by atoms with Crippen molar-refractivity contribution in [1.82, 2.24) is 5.32 Å². The van der Waals surface area contributed by atoms with Gasteiger partial charge in [-0.15, -0.1) is 0 Å². The normalized spacial score (nSPS) is 12.5. The van der Waals surface area contributed by atoms with Crippen molar-refractivity contribution in [1.29, 1.82) is 0 Å². The fraction of sp³-hybridized carbons (Fsp3) is 0.400. The number of ether oxygens (including phenoxy) is 3. The molecule has 0 aliphatic heterocycles. The molecule has 2 aromatic rings. The largest absolute Gasteiger partial charge is 0.496 e. The van der Waals surface area contributed by atoms with Gasteiger partial charge in [-0.1, -0.05) is 42.5 Å². The molecule has 4 N–H and O–H groups in total. The molecule has 0 amide bonds. The van der Waals surface area contributed by atoms with E-state index in [0.29, 0.717) is 11.3 Å². The van der Waals surface area contributed by atoms with Gasteiger partial charge in [0.05, 0.1) is 33.2 Å². The second kappa shape index (κ2) is 13.3. The zero-order chi connectivity index (χ0) is 27.6. The molecule has 0 spiro atoms. The number of carbonyl (C=O) groups is 3. The molecule has 202 valence electrons. The van der Waals surface area contributed by atoms with E-state index in [1.807, 2.05) is 30.3 Å². The first kappa shape index (κ1) is 30.0. The van der Waals surface area contributed by atoms with Gasteiger partial charge in [0.1, 0.15) is 17.1 Å². The highest BCUT2D eigenvalue weighted by atomic mass is 31.2. The van der Waals surface area contributed by atoms with Gasteiger partial charge in [-0.05, 0) is 36.6 Å². The van der Waals surface area contributed by atoms with Crippen molar-refractivity contribution in [2.75, 3.05) is 20.3 Å². The maximum atomic E-state index is 12.7. The van der Waals surface area contributed by atoms with Gasteiger partial charge in [0.25, 0.3) is 0 Å². The third kappa shape index (κ3) is 8.13. The Bertz CT molecular complexity index is 1110. The Labute approximate surface area is 214 Å². The van der Waals surface area contributed by atoms with E-state index in [2.05, 4.69) is 5.32 Å². The summed E-state index contributed by atoms with van der Waals surface area (Å²) in [6, 6.07) is 12.9. The van der Waals surface area contributed by atoms with E-state index in [-0.39, 0.29) is 19.6 Å². The third-order valence-corrected chi connectivity index (χ3v) is 7.16. The molecule has 12 heteroatoms. The topological polar surface area (TPSA) is 169 Å². The molecule has 0 aromatic heterocycles. The van der Waals surface area contributed by atoms with E-state index >= 15 is 0 Å². The average molecular weight is 538 g/mol. The number of esters is 2. The Kier molecular flexibility index (Phi) is 10.8. The second-order valence-corrected chi connectivity index (χ2v) is 10.1. The number of rotatable bonds is 14. The van der Waals surface area contributed by atoms with Gasteiger partial charge >= 0.3 is 25.5 Å². The molecule has 2 rings (SSSR count). The highest BCUT2D eigenvalue weighted by molar-refractivity contribution is 7.53. The number of hydrogen-bond donors (Lipinski definition) is 4. The highest BCUT2D eigenvalue weighted by Crippen LogP contribution is 2.53. The van der Waals surface area contributed by atoms with Crippen molar-refractivity contribution >= 4 is 25.5 Å². The van der Waals surface area contributed by atoms with Crippen LogP contribution >= 0.6 is 7.60 Å². The van der Waals surface area contributed by atoms with Gasteiger partial charge < -0.3 is 29.1 Å². The number of nitrogens with one attached hydrogen (secondary N) is 1. The predicted octanol–water partition coefficient (Wildman–Crippen LogP) is 2.73. The monoisotopic (exact) mass is 537 g/mol. The Morgan fingerprint density at radius 2 is 1.51 bits per heavy atom. The van der Waals surface area contributed by atoms with Gasteiger partial charge in [0, 0.05) is 6.42 Å². The first-order valence-electron chi connectivity index (χ1n) is 11.6. The lowest BCUT2D eigenvalue weighted by Gasteiger charge is -2.36.